The van der Waals surface area contributed by atoms with Gasteiger partial charge in [-0.25, -0.2) is 9.97 Å². The first kappa shape index (κ1) is 13.4. The highest BCUT2D eigenvalue weighted by molar-refractivity contribution is 7.13. The van der Waals surface area contributed by atoms with Gasteiger partial charge in [-0.1, -0.05) is 6.07 Å². The van der Waals surface area contributed by atoms with Gasteiger partial charge in [0.25, 0.3) is 5.56 Å². The molecule has 0 bridgehead atoms. The van der Waals surface area contributed by atoms with Crippen LogP contribution in [0.15, 0.2) is 34.8 Å². The Hall–Kier alpha value is -2.25. The van der Waals surface area contributed by atoms with Gasteiger partial charge >= 0.3 is 0 Å². The second-order valence-electron chi connectivity index (χ2n) is 5.35. The highest BCUT2D eigenvalue weighted by Gasteiger charge is 2.21. The second kappa shape index (κ2) is 5.51. The lowest BCUT2D eigenvalue weighted by Gasteiger charge is -2.27. The van der Waals surface area contributed by atoms with E-state index < -0.39 is 0 Å². The molecule has 0 atom stereocenters. The highest BCUT2D eigenvalue weighted by Crippen LogP contribution is 2.22. The fraction of sp³-hybridized carbons (Fsp3) is 0.267. The Balaban J connectivity index is 1.61. The van der Waals surface area contributed by atoms with Crippen molar-refractivity contribution in [3.63, 3.8) is 0 Å². The Morgan fingerprint density at radius 1 is 1.41 bits per heavy atom. The van der Waals surface area contributed by atoms with E-state index in [1.807, 2.05) is 23.7 Å². The third-order valence-corrected chi connectivity index (χ3v) is 4.73. The van der Waals surface area contributed by atoms with Crippen molar-refractivity contribution in [3.05, 3.63) is 57.3 Å². The van der Waals surface area contributed by atoms with Crippen LogP contribution >= 0.6 is 11.3 Å². The van der Waals surface area contributed by atoms with E-state index in [4.69, 9.17) is 0 Å². The third kappa shape index (κ3) is 2.49. The molecule has 7 heteroatoms. The van der Waals surface area contributed by atoms with Crippen molar-refractivity contribution < 1.29 is 0 Å². The monoisotopic (exact) mass is 313 g/mol. The van der Waals surface area contributed by atoms with Crippen LogP contribution in [-0.2, 0) is 19.5 Å². The molecule has 0 saturated heterocycles. The zero-order chi connectivity index (χ0) is 14.9. The molecule has 0 fully saturated rings. The zero-order valence-corrected chi connectivity index (χ0v) is 12.7. The van der Waals surface area contributed by atoms with Gasteiger partial charge in [0.05, 0.1) is 22.5 Å². The molecule has 0 spiro atoms. The van der Waals surface area contributed by atoms with Crippen molar-refractivity contribution in [1.82, 2.24) is 24.8 Å². The molecule has 22 heavy (non-hydrogen) atoms. The summed E-state index contributed by atoms with van der Waals surface area (Å²) in [5.74, 6) is 0.681. The molecule has 0 aromatic carbocycles. The quantitative estimate of drug-likeness (QED) is 0.772. The number of nitrogens with zero attached hydrogens (tertiary/aromatic N) is 3. The van der Waals surface area contributed by atoms with Crippen LogP contribution in [0.3, 0.4) is 0 Å². The number of hydrogen-bond donors (Lipinski definition) is 2. The smallest absolute Gasteiger partial charge is 0.255 e. The molecule has 2 N–H and O–H groups in total. The molecule has 0 unspecified atom stereocenters. The molecule has 3 aromatic heterocycles. The zero-order valence-electron chi connectivity index (χ0n) is 11.9. The molecule has 3 aromatic rings. The summed E-state index contributed by atoms with van der Waals surface area (Å²) in [6.45, 7) is 2.29. The number of hydrogen-bond acceptors (Lipinski definition) is 5. The normalized spacial score (nSPS) is 14.9. The van der Waals surface area contributed by atoms with Crippen LogP contribution in [0.4, 0.5) is 0 Å². The Morgan fingerprint density at radius 3 is 3.14 bits per heavy atom. The summed E-state index contributed by atoms with van der Waals surface area (Å²) in [6, 6.07) is 3.94. The van der Waals surface area contributed by atoms with Gasteiger partial charge in [-0.05, 0) is 11.4 Å². The highest BCUT2D eigenvalue weighted by atomic mass is 32.1. The first-order chi connectivity index (χ1) is 10.8. The molecular weight excluding hydrogens is 298 g/mol. The number of fused-ring (bicyclic) bond motifs is 1. The van der Waals surface area contributed by atoms with E-state index in [1.54, 1.807) is 17.7 Å². The van der Waals surface area contributed by atoms with Crippen molar-refractivity contribution in [2.75, 3.05) is 6.54 Å². The first-order valence-corrected chi connectivity index (χ1v) is 8.03. The van der Waals surface area contributed by atoms with Gasteiger partial charge in [0.1, 0.15) is 0 Å². The molecule has 0 radical (unpaired) electrons. The predicted octanol–water partition coefficient (Wildman–Crippen LogP) is 1.78. The minimum Gasteiger partial charge on any atom is -0.347 e. The maximum Gasteiger partial charge on any atom is 0.255 e. The standard InChI is InChI=1S/C15H15N5OS/c21-15-11-8-20(7-10-6-16-9-17-10)4-3-12(11)18-14(19-15)13-2-1-5-22-13/h1-2,5-6,9H,3-4,7-8H2,(H,16,17)(H,18,19,21). The Labute approximate surface area is 130 Å². The number of nitrogens with one attached hydrogen (secondary N) is 2. The molecule has 6 nitrogen and oxygen atoms in total. The van der Waals surface area contributed by atoms with Gasteiger partial charge in [-0.2, -0.15) is 0 Å². The number of imidazole rings is 1. The molecule has 0 amide bonds. The molecular formula is C15H15N5OS. The van der Waals surface area contributed by atoms with Crippen LogP contribution in [0.1, 0.15) is 17.0 Å². The van der Waals surface area contributed by atoms with Gasteiger partial charge in [0.15, 0.2) is 5.82 Å². The summed E-state index contributed by atoms with van der Waals surface area (Å²) >= 11 is 1.58. The van der Waals surface area contributed by atoms with Crippen molar-refractivity contribution in [3.8, 4) is 10.7 Å². The van der Waals surface area contributed by atoms with Gasteiger partial charge in [0.2, 0.25) is 0 Å². The average molecular weight is 313 g/mol. The van der Waals surface area contributed by atoms with Crippen molar-refractivity contribution >= 4 is 11.3 Å². The van der Waals surface area contributed by atoms with E-state index in [0.717, 1.165) is 41.3 Å². The van der Waals surface area contributed by atoms with Crippen LogP contribution in [-0.4, -0.2) is 31.4 Å². The van der Waals surface area contributed by atoms with Gasteiger partial charge < -0.3 is 9.97 Å². The number of rotatable bonds is 3. The molecule has 0 aliphatic carbocycles. The molecule has 4 rings (SSSR count). The molecule has 1 aliphatic heterocycles. The number of aromatic nitrogens is 4. The summed E-state index contributed by atoms with van der Waals surface area (Å²) in [5.41, 5.74) is 2.74. The summed E-state index contributed by atoms with van der Waals surface area (Å²) in [4.78, 5) is 30.3. The van der Waals surface area contributed by atoms with Gasteiger partial charge in [-0.3, -0.25) is 9.69 Å². The maximum atomic E-state index is 12.4. The van der Waals surface area contributed by atoms with Crippen LogP contribution < -0.4 is 5.56 Å². The fourth-order valence-electron chi connectivity index (χ4n) is 2.76. The maximum absolute atomic E-state index is 12.4. The lowest BCUT2D eigenvalue weighted by Crippen LogP contribution is -2.35. The molecule has 0 saturated carbocycles. The molecule has 1 aliphatic rings. The first-order valence-electron chi connectivity index (χ1n) is 7.15. The summed E-state index contributed by atoms with van der Waals surface area (Å²) < 4.78 is 0. The molecule has 112 valence electrons. The number of H-pyrrole nitrogens is 2. The lowest BCUT2D eigenvalue weighted by atomic mass is 10.1. The van der Waals surface area contributed by atoms with E-state index in [1.165, 1.54) is 0 Å². The van der Waals surface area contributed by atoms with E-state index in [9.17, 15) is 4.79 Å². The Bertz CT molecular complexity index is 822. The van der Waals surface area contributed by atoms with Crippen molar-refractivity contribution in [2.24, 2.45) is 0 Å². The number of thiophene rings is 1. The lowest BCUT2D eigenvalue weighted by molar-refractivity contribution is 0.239. The SMILES string of the molecule is O=c1[nH]c(-c2cccs2)nc2c1CN(Cc1cnc[nH]1)CC2. The minimum absolute atomic E-state index is 0.0253. The van der Waals surface area contributed by atoms with E-state index in [0.29, 0.717) is 12.4 Å². The minimum atomic E-state index is -0.0253. The van der Waals surface area contributed by atoms with E-state index >= 15 is 0 Å². The summed E-state index contributed by atoms with van der Waals surface area (Å²) in [6.07, 6.45) is 4.29. The summed E-state index contributed by atoms with van der Waals surface area (Å²) in [5, 5.41) is 1.99. The Kier molecular flexibility index (Phi) is 3.36. The van der Waals surface area contributed by atoms with E-state index in [-0.39, 0.29) is 5.56 Å². The second-order valence-corrected chi connectivity index (χ2v) is 6.30. The fourth-order valence-corrected chi connectivity index (χ4v) is 3.43. The van der Waals surface area contributed by atoms with Gasteiger partial charge in [-0.15, -0.1) is 11.3 Å². The number of aromatic amines is 2. The van der Waals surface area contributed by atoms with Crippen molar-refractivity contribution in [1.29, 1.82) is 0 Å². The Morgan fingerprint density at radius 2 is 2.36 bits per heavy atom. The van der Waals surface area contributed by atoms with Crippen LogP contribution in [0, 0.1) is 0 Å². The van der Waals surface area contributed by atoms with Gasteiger partial charge in [0, 0.05) is 37.9 Å². The third-order valence-electron chi connectivity index (χ3n) is 3.85. The molecule has 4 heterocycles. The van der Waals surface area contributed by atoms with Crippen molar-refractivity contribution in [2.45, 2.75) is 19.5 Å². The predicted molar refractivity (Wildman–Crippen MR) is 84.6 cm³/mol. The average Bonchev–Trinajstić information content (AvgIpc) is 3.20. The van der Waals surface area contributed by atoms with E-state index in [2.05, 4.69) is 24.8 Å². The summed E-state index contributed by atoms with van der Waals surface area (Å²) in [7, 11) is 0. The van der Waals surface area contributed by atoms with Crippen LogP contribution in [0.2, 0.25) is 0 Å². The topological polar surface area (TPSA) is 77.7 Å². The van der Waals surface area contributed by atoms with Crippen LogP contribution in [0.25, 0.3) is 10.7 Å². The van der Waals surface area contributed by atoms with Crippen LogP contribution in [0.5, 0.6) is 0 Å². The largest absolute Gasteiger partial charge is 0.347 e.